The van der Waals surface area contributed by atoms with Crippen molar-refractivity contribution in [3.8, 4) is 5.75 Å². The topological polar surface area (TPSA) is 221 Å². The molecule has 0 saturated carbocycles. The van der Waals surface area contributed by atoms with Crippen molar-refractivity contribution in [2.45, 2.75) is 16.7 Å². The van der Waals surface area contributed by atoms with Crippen LogP contribution in [0.15, 0.2) is 51.3 Å². The number of fused-ring (bicyclic) bond motifs is 1. The highest BCUT2D eigenvalue weighted by Gasteiger charge is 2.28. The summed E-state index contributed by atoms with van der Waals surface area (Å²) in [5, 5.41) is 25.5. The Morgan fingerprint density at radius 2 is 1.78 bits per heavy atom. The van der Waals surface area contributed by atoms with Crippen LogP contribution in [0.5, 0.6) is 5.75 Å². The summed E-state index contributed by atoms with van der Waals surface area (Å²) in [5.74, 6) is -1.95. The molecule has 6 N–H and O–H groups in total. The summed E-state index contributed by atoms with van der Waals surface area (Å²) in [7, 11) is -9.92. The fourth-order valence-electron chi connectivity index (χ4n) is 2.99. The molecular weight excluding hydrogens is 466 g/mol. The van der Waals surface area contributed by atoms with Crippen molar-refractivity contribution < 1.29 is 46.1 Å². The minimum Gasteiger partial charge on any atom is -0.744 e. The summed E-state index contributed by atoms with van der Waals surface area (Å²) in [5.41, 5.74) is 5.43. The number of anilines is 1. The highest BCUT2D eigenvalue weighted by Crippen LogP contribution is 2.40. The summed E-state index contributed by atoms with van der Waals surface area (Å²) in [4.78, 5) is 9.41. The maximum Gasteiger partial charge on any atom is 0.335 e. The first-order chi connectivity index (χ1) is 14.7. The molecule has 0 spiro atoms. The number of hydrogen-bond acceptors (Lipinski definition) is 9. The Balaban J connectivity index is 2.29. The number of nitrogens with one attached hydrogen (secondary N) is 1. The predicted octanol–water partition coefficient (Wildman–Crippen LogP) is 0.781. The molecule has 0 radical (unpaired) electrons. The highest BCUT2D eigenvalue weighted by molar-refractivity contribution is 7.86. The van der Waals surface area contributed by atoms with Crippen LogP contribution >= 0.6 is 0 Å². The molecule has 3 aromatic carbocycles. The first kappa shape index (κ1) is 23.1. The normalized spacial score (nSPS) is 12.5. The van der Waals surface area contributed by atoms with Gasteiger partial charge in [-0.3, -0.25) is 4.55 Å². The number of aryl methyl sites for hydroxylation is 1. The Hall–Kier alpha value is -3.59. The van der Waals surface area contributed by atoms with Gasteiger partial charge in [0.2, 0.25) is 5.75 Å². The third kappa shape index (κ3) is 4.38. The number of benzene rings is 3. The van der Waals surface area contributed by atoms with E-state index in [0.29, 0.717) is 5.56 Å². The molecule has 0 aliphatic rings. The number of aromatic hydroxyl groups is 1. The van der Waals surface area contributed by atoms with Gasteiger partial charge in [0.15, 0.2) is 4.90 Å². The highest BCUT2D eigenvalue weighted by atomic mass is 32.2. The summed E-state index contributed by atoms with van der Waals surface area (Å²) < 4.78 is 67.3. The molecule has 0 aliphatic heterocycles. The molecule has 32 heavy (non-hydrogen) atoms. The van der Waals surface area contributed by atoms with E-state index in [1.165, 1.54) is 18.2 Å². The lowest BCUT2D eigenvalue weighted by atomic mass is 10.1. The van der Waals surface area contributed by atoms with Gasteiger partial charge in [-0.1, -0.05) is 5.11 Å². The van der Waals surface area contributed by atoms with Crippen molar-refractivity contribution in [1.82, 2.24) is 0 Å². The van der Waals surface area contributed by atoms with Crippen LogP contribution in [0.2, 0.25) is 0 Å². The summed E-state index contributed by atoms with van der Waals surface area (Å²) in [6, 6.07) is 6.31. The molecule has 0 bridgehead atoms. The minimum absolute atomic E-state index is 0.00877. The Kier molecular flexibility index (Phi) is 5.65. The van der Waals surface area contributed by atoms with Crippen LogP contribution in [0, 0.1) is 6.92 Å². The molecule has 0 saturated heterocycles. The SMILES string of the molecule is Cc1cc(C(=O)O)ccc1N=[NH+]c1c(S(=O)(=O)O)cc2cc(S(=O)(=O)[O-])cc(N)c2c1O. The number of carboxylic acid groups (broad SMARTS) is 1. The molecule has 12 nitrogen and oxygen atoms in total. The van der Waals surface area contributed by atoms with Crippen molar-refractivity contribution in [1.29, 1.82) is 0 Å². The second-order valence-corrected chi connectivity index (χ2v) is 9.44. The van der Waals surface area contributed by atoms with E-state index in [4.69, 9.17) is 10.8 Å². The van der Waals surface area contributed by atoms with Crippen LogP contribution < -0.4 is 10.8 Å². The Morgan fingerprint density at radius 1 is 1.12 bits per heavy atom. The lowest BCUT2D eigenvalue weighted by Crippen LogP contribution is -2.58. The number of phenols is 1. The van der Waals surface area contributed by atoms with E-state index in [2.05, 4.69) is 10.2 Å². The standard InChI is InChI=1S/C18H15N3O9S2/c1-8-4-9(18(23)24)2-3-13(8)20-21-16-14(32(28,29)30)6-10-5-11(31(25,26)27)7-12(19)15(10)17(16)22/h2-7,22H,19H2,1H3,(H,23,24)(H,25,26,27)(H,28,29,30). The second kappa shape index (κ2) is 7.83. The van der Waals surface area contributed by atoms with E-state index in [1.807, 2.05) is 0 Å². The van der Waals surface area contributed by atoms with Gasteiger partial charge in [-0.2, -0.15) is 8.42 Å². The zero-order valence-electron chi connectivity index (χ0n) is 16.1. The monoisotopic (exact) mass is 481 g/mol. The van der Waals surface area contributed by atoms with Crippen LogP contribution in [-0.2, 0) is 20.2 Å². The van der Waals surface area contributed by atoms with Gasteiger partial charge in [0, 0.05) is 5.69 Å². The number of aromatic carboxylic acids is 1. The van der Waals surface area contributed by atoms with E-state index >= 15 is 0 Å². The number of carbonyl (C=O) groups is 1. The Bertz CT molecular complexity index is 1530. The van der Waals surface area contributed by atoms with Crippen LogP contribution in [0.3, 0.4) is 0 Å². The summed E-state index contributed by atoms with van der Waals surface area (Å²) in [6.07, 6.45) is 0. The van der Waals surface area contributed by atoms with Gasteiger partial charge in [0.1, 0.15) is 15.8 Å². The fourth-order valence-corrected chi connectivity index (χ4v) is 4.21. The largest absolute Gasteiger partial charge is 0.744 e. The number of azo groups is 1. The van der Waals surface area contributed by atoms with Gasteiger partial charge in [-0.05, 0) is 59.4 Å². The molecule has 0 unspecified atom stereocenters. The molecule has 0 aromatic heterocycles. The third-order valence-electron chi connectivity index (χ3n) is 4.48. The number of carboxylic acids is 1. The zero-order chi connectivity index (χ0) is 24.0. The van der Waals surface area contributed by atoms with E-state index < -0.39 is 47.4 Å². The number of hydrogen-bond donors (Lipinski definition) is 5. The molecule has 0 heterocycles. The fraction of sp³-hybridized carbons (Fsp3) is 0.0556. The lowest BCUT2D eigenvalue weighted by Gasteiger charge is -2.12. The minimum atomic E-state index is -4.97. The van der Waals surface area contributed by atoms with Crippen molar-refractivity contribution in [3.05, 3.63) is 47.5 Å². The molecular formula is C18H15N3O9S2. The van der Waals surface area contributed by atoms with Crippen LogP contribution in [0.25, 0.3) is 10.8 Å². The maximum atomic E-state index is 11.9. The van der Waals surface area contributed by atoms with Crippen molar-refractivity contribution in [2.24, 2.45) is 5.11 Å². The number of rotatable bonds is 5. The van der Waals surface area contributed by atoms with E-state index in [-0.39, 0.29) is 27.7 Å². The first-order valence-corrected chi connectivity index (χ1v) is 11.4. The lowest BCUT2D eigenvalue weighted by molar-refractivity contribution is -0.437. The van der Waals surface area contributed by atoms with Gasteiger partial charge in [0.25, 0.3) is 5.69 Å². The summed E-state index contributed by atoms with van der Waals surface area (Å²) in [6.45, 7) is 1.54. The predicted molar refractivity (Wildman–Crippen MR) is 109 cm³/mol. The molecule has 3 rings (SSSR count). The molecule has 0 atom stereocenters. The zero-order valence-corrected chi connectivity index (χ0v) is 17.7. The smallest absolute Gasteiger partial charge is 0.335 e. The molecule has 0 aliphatic carbocycles. The number of nitrogens with two attached hydrogens (primary N) is 1. The number of phenolic OH excluding ortho intramolecular Hbond substituents is 1. The quantitative estimate of drug-likeness (QED) is 0.149. The van der Waals surface area contributed by atoms with E-state index in [1.54, 1.807) is 6.92 Å². The average molecular weight is 481 g/mol. The van der Waals surface area contributed by atoms with Gasteiger partial charge < -0.3 is 20.5 Å². The number of nitrogens with zero attached hydrogens (tertiary/aromatic N) is 1. The Morgan fingerprint density at radius 3 is 2.31 bits per heavy atom. The van der Waals surface area contributed by atoms with Crippen molar-refractivity contribution in [3.63, 3.8) is 0 Å². The maximum absolute atomic E-state index is 11.9. The van der Waals surface area contributed by atoms with E-state index in [0.717, 1.165) is 18.2 Å². The molecule has 14 heteroatoms. The van der Waals surface area contributed by atoms with Gasteiger partial charge >= 0.3 is 16.1 Å². The van der Waals surface area contributed by atoms with Crippen LogP contribution in [-0.4, -0.2) is 42.1 Å². The van der Waals surface area contributed by atoms with Gasteiger partial charge in [0.05, 0.1) is 15.8 Å². The molecule has 0 fully saturated rings. The molecule has 168 valence electrons. The third-order valence-corrected chi connectivity index (χ3v) is 6.17. The van der Waals surface area contributed by atoms with E-state index in [9.17, 15) is 35.8 Å². The second-order valence-electron chi connectivity index (χ2n) is 6.67. The average Bonchev–Trinajstić information content (AvgIpc) is 2.65. The van der Waals surface area contributed by atoms with Gasteiger partial charge in [-0.15, -0.1) is 0 Å². The van der Waals surface area contributed by atoms with Gasteiger partial charge in [-0.25, -0.2) is 13.2 Å². The van der Waals surface area contributed by atoms with Crippen molar-refractivity contribution in [2.75, 3.05) is 5.73 Å². The van der Waals surface area contributed by atoms with Crippen LogP contribution in [0.1, 0.15) is 15.9 Å². The van der Waals surface area contributed by atoms with Crippen LogP contribution in [0.4, 0.5) is 17.1 Å². The van der Waals surface area contributed by atoms with Crippen molar-refractivity contribution >= 4 is 54.0 Å². The first-order valence-electron chi connectivity index (χ1n) is 8.53. The number of nitrogen functional groups attached to an aromatic ring is 1. The Labute approximate surface area is 181 Å². The summed E-state index contributed by atoms with van der Waals surface area (Å²) >= 11 is 0. The molecule has 0 amide bonds. The molecule has 3 aromatic rings.